The second-order valence-electron chi connectivity index (χ2n) is 5.11. The Balaban J connectivity index is 1.94. The van der Waals surface area contributed by atoms with Crippen LogP contribution in [0.15, 0.2) is 18.2 Å². The molecule has 0 bridgehead atoms. The monoisotopic (exact) mass is 248 g/mol. The van der Waals surface area contributed by atoms with Gasteiger partial charge < -0.3 is 9.47 Å². The van der Waals surface area contributed by atoms with E-state index < -0.39 is 0 Å². The van der Waals surface area contributed by atoms with Crippen LogP contribution >= 0.6 is 0 Å². The molecule has 2 aliphatic rings. The van der Waals surface area contributed by atoms with Gasteiger partial charge in [0.25, 0.3) is 0 Å². The fourth-order valence-electron chi connectivity index (χ4n) is 3.12. The summed E-state index contributed by atoms with van der Waals surface area (Å²) in [4.78, 5) is 0. The van der Waals surface area contributed by atoms with Crippen molar-refractivity contribution >= 4 is 0 Å². The summed E-state index contributed by atoms with van der Waals surface area (Å²) in [7, 11) is 0. The number of hydrogen-bond donors (Lipinski definition) is 2. The van der Waals surface area contributed by atoms with E-state index >= 15 is 0 Å². The van der Waals surface area contributed by atoms with Crippen LogP contribution in [0, 0.1) is 5.92 Å². The van der Waals surface area contributed by atoms with Crippen molar-refractivity contribution in [3.8, 4) is 5.75 Å². The van der Waals surface area contributed by atoms with Gasteiger partial charge in [-0.1, -0.05) is 18.2 Å². The summed E-state index contributed by atoms with van der Waals surface area (Å²) < 4.78 is 11.4. The molecule has 4 nitrogen and oxygen atoms in total. The molecular formula is C14H20N2O2. The van der Waals surface area contributed by atoms with Crippen LogP contribution in [-0.4, -0.2) is 19.3 Å². The summed E-state index contributed by atoms with van der Waals surface area (Å²) in [5.41, 5.74) is 5.43. The van der Waals surface area contributed by atoms with Crippen LogP contribution < -0.4 is 16.0 Å². The second kappa shape index (κ2) is 4.88. The molecule has 2 heterocycles. The number of nitrogens with one attached hydrogen (secondary N) is 1. The molecule has 0 amide bonds. The van der Waals surface area contributed by atoms with Gasteiger partial charge in [-0.25, -0.2) is 0 Å². The average molecular weight is 248 g/mol. The van der Waals surface area contributed by atoms with Gasteiger partial charge in [0.15, 0.2) is 0 Å². The highest BCUT2D eigenvalue weighted by atomic mass is 16.5. The minimum absolute atomic E-state index is 0.107. The average Bonchev–Trinajstić information content (AvgIpc) is 3.00. The summed E-state index contributed by atoms with van der Waals surface area (Å²) in [6, 6.07) is 6.44. The molecule has 2 aliphatic heterocycles. The number of nitrogens with two attached hydrogens (primary N) is 1. The predicted molar refractivity (Wildman–Crippen MR) is 69.2 cm³/mol. The first-order chi connectivity index (χ1) is 8.81. The molecule has 98 valence electrons. The fourth-order valence-corrected chi connectivity index (χ4v) is 3.12. The van der Waals surface area contributed by atoms with Crippen LogP contribution in [0.1, 0.15) is 30.5 Å². The molecular weight excluding hydrogens is 228 g/mol. The Bertz CT molecular complexity index is 436. The van der Waals surface area contributed by atoms with Gasteiger partial charge in [-0.05, 0) is 18.9 Å². The van der Waals surface area contributed by atoms with Crippen LogP contribution in [0.25, 0.3) is 0 Å². The molecule has 1 aromatic carbocycles. The minimum atomic E-state index is 0.107. The van der Waals surface area contributed by atoms with Gasteiger partial charge in [-0.2, -0.15) is 0 Å². The summed E-state index contributed by atoms with van der Waals surface area (Å²) in [6.45, 7) is 3.71. The normalized spacial score (nSPS) is 27.9. The topological polar surface area (TPSA) is 56.5 Å². The smallest absolute Gasteiger partial charge is 0.127 e. The standard InChI is InChI=1S/C14H20N2O2/c1-9-11(6-8-17-9)13(16-15)12-4-2-3-10-5-7-18-14(10)12/h2-4,9,11,13,16H,5-8,15H2,1H3. The van der Waals surface area contributed by atoms with Crippen molar-refractivity contribution < 1.29 is 9.47 Å². The SMILES string of the molecule is CC1OCCC1C(NN)c1cccc2c1OCC2. The Labute approximate surface area is 107 Å². The third kappa shape index (κ3) is 1.90. The first kappa shape index (κ1) is 12.0. The summed E-state index contributed by atoms with van der Waals surface area (Å²) in [5, 5.41) is 0. The largest absolute Gasteiger partial charge is 0.493 e. The van der Waals surface area contributed by atoms with E-state index in [1.807, 2.05) is 0 Å². The molecule has 4 heteroatoms. The Morgan fingerprint density at radius 2 is 2.28 bits per heavy atom. The maximum Gasteiger partial charge on any atom is 0.127 e. The number of hydrazine groups is 1. The Morgan fingerprint density at radius 3 is 3.00 bits per heavy atom. The van der Waals surface area contributed by atoms with Crippen molar-refractivity contribution in [2.75, 3.05) is 13.2 Å². The molecule has 0 aromatic heterocycles. The first-order valence-electron chi connectivity index (χ1n) is 6.63. The highest BCUT2D eigenvalue weighted by Crippen LogP contribution is 2.40. The molecule has 1 aromatic rings. The molecule has 18 heavy (non-hydrogen) atoms. The molecule has 3 rings (SSSR count). The molecule has 0 saturated carbocycles. The number of rotatable bonds is 3. The van der Waals surface area contributed by atoms with Crippen molar-refractivity contribution in [1.82, 2.24) is 5.43 Å². The Hall–Kier alpha value is -1.10. The lowest BCUT2D eigenvalue weighted by atomic mass is 9.87. The molecule has 0 radical (unpaired) electrons. The molecule has 0 spiro atoms. The van der Waals surface area contributed by atoms with Crippen LogP contribution in [0.3, 0.4) is 0 Å². The third-order valence-corrected chi connectivity index (χ3v) is 4.12. The van der Waals surface area contributed by atoms with Gasteiger partial charge in [-0.3, -0.25) is 11.3 Å². The minimum Gasteiger partial charge on any atom is -0.493 e. The lowest BCUT2D eigenvalue weighted by molar-refractivity contribution is 0.0950. The van der Waals surface area contributed by atoms with Crippen molar-refractivity contribution in [3.63, 3.8) is 0 Å². The van der Waals surface area contributed by atoms with Gasteiger partial charge in [0, 0.05) is 24.5 Å². The third-order valence-electron chi connectivity index (χ3n) is 4.12. The lowest BCUT2D eigenvalue weighted by Crippen LogP contribution is -2.36. The van der Waals surface area contributed by atoms with Gasteiger partial charge in [0.1, 0.15) is 5.75 Å². The quantitative estimate of drug-likeness (QED) is 0.629. The maximum absolute atomic E-state index is 5.78. The van der Waals surface area contributed by atoms with Crippen LogP contribution in [0.2, 0.25) is 0 Å². The highest BCUT2D eigenvalue weighted by molar-refractivity contribution is 5.46. The van der Waals surface area contributed by atoms with Crippen LogP contribution in [-0.2, 0) is 11.2 Å². The molecule has 3 N–H and O–H groups in total. The van der Waals surface area contributed by atoms with E-state index in [1.165, 1.54) is 11.1 Å². The van der Waals surface area contributed by atoms with Crippen LogP contribution in [0.4, 0.5) is 0 Å². The molecule has 0 aliphatic carbocycles. The van der Waals surface area contributed by atoms with Gasteiger partial charge >= 0.3 is 0 Å². The van der Waals surface area contributed by atoms with Crippen molar-refractivity contribution in [1.29, 1.82) is 0 Å². The zero-order valence-electron chi connectivity index (χ0n) is 10.7. The van der Waals surface area contributed by atoms with Crippen molar-refractivity contribution in [2.45, 2.75) is 31.9 Å². The molecule has 3 unspecified atom stereocenters. The molecule has 1 fully saturated rings. The van der Waals surface area contributed by atoms with Crippen molar-refractivity contribution in [3.05, 3.63) is 29.3 Å². The van der Waals surface area contributed by atoms with E-state index in [2.05, 4.69) is 30.5 Å². The summed E-state index contributed by atoms with van der Waals surface area (Å²) in [5.74, 6) is 7.22. The second-order valence-corrected chi connectivity index (χ2v) is 5.11. The zero-order valence-corrected chi connectivity index (χ0v) is 10.7. The Kier molecular flexibility index (Phi) is 3.24. The van der Waals surface area contributed by atoms with E-state index in [-0.39, 0.29) is 12.1 Å². The van der Waals surface area contributed by atoms with E-state index in [1.54, 1.807) is 0 Å². The summed E-state index contributed by atoms with van der Waals surface area (Å²) in [6.07, 6.45) is 2.28. The van der Waals surface area contributed by atoms with Gasteiger partial charge in [0.05, 0.1) is 18.8 Å². The van der Waals surface area contributed by atoms with E-state index in [9.17, 15) is 0 Å². The predicted octanol–water partition coefficient (Wildman–Crippen LogP) is 1.55. The van der Waals surface area contributed by atoms with E-state index in [4.69, 9.17) is 15.3 Å². The number of ether oxygens (including phenoxy) is 2. The van der Waals surface area contributed by atoms with Gasteiger partial charge in [0.2, 0.25) is 0 Å². The van der Waals surface area contributed by atoms with Crippen LogP contribution in [0.5, 0.6) is 5.75 Å². The molecule has 1 saturated heterocycles. The number of benzene rings is 1. The van der Waals surface area contributed by atoms with Crippen molar-refractivity contribution in [2.24, 2.45) is 11.8 Å². The first-order valence-corrected chi connectivity index (χ1v) is 6.63. The van der Waals surface area contributed by atoms with Gasteiger partial charge in [-0.15, -0.1) is 0 Å². The number of fused-ring (bicyclic) bond motifs is 1. The summed E-state index contributed by atoms with van der Waals surface area (Å²) >= 11 is 0. The lowest BCUT2D eigenvalue weighted by Gasteiger charge is -2.26. The Morgan fingerprint density at radius 1 is 1.39 bits per heavy atom. The highest BCUT2D eigenvalue weighted by Gasteiger charge is 2.34. The van der Waals surface area contributed by atoms with E-state index in [0.717, 1.165) is 31.8 Å². The fraction of sp³-hybridized carbons (Fsp3) is 0.571. The number of hydrogen-bond acceptors (Lipinski definition) is 4. The molecule has 3 atom stereocenters. The zero-order chi connectivity index (χ0) is 12.5. The number of para-hydroxylation sites is 1. The van der Waals surface area contributed by atoms with E-state index in [0.29, 0.717) is 5.92 Å². The maximum atomic E-state index is 5.78.